The van der Waals surface area contributed by atoms with Crippen LogP contribution in [0.15, 0.2) is 18.2 Å². The molecular weight excluding hydrogens is 367 g/mol. The first-order valence-electron chi connectivity index (χ1n) is 8.39. The molecule has 2 aliphatic rings. The van der Waals surface area contributed by atoms with E-state index in [-0.39, 0.29) is 11.8 Å². The molecule has 25 heavy (non-hydrogen) atoms. The molecule has 2 atom stereocenters. The summed E-state index contributed by atoms with van der Waals surface area (Å²) in [5, 5.41) is 0.766. The van der Waals surface area contributed by atoms with Gasteiger partial charge < -0.3 is 9.64 Å². The van der Waals surface area contributed by atoms with E-state index in [9.17, 15) is 9.59 Å². The zero-order valence-electron chi connectivity index (χ0n) is 13.7. The minimum absolute atomic E-state index is 0.268. The second-order valence-electron chi connectivity index (χ2n) is 6.19. The lowest BCUT2D eigenvalue weighted by molar-refractivity contribution is -0.201. The van der Waals surface area contributed by atoms with E-state index in [0.29, 0.717) is 35.2 Å². The Kier molecular flexibility index (Phi) is 6.17. The second-order valence-corrected chi connectivity index (χ2v) is 7.07. The number of carbonyl (C=O) groups excluding carboxylic acids is 2. The van der Waals surface area contributed by atoms with Crippen LogP contribution in [0.4, 0.5) is 0 Å². The number of benzene rings is 1. The third-order valence-corrected chi connectivity index (χ3v) is 4.79. The fraction of sp³-hybridized carbons (Fsp3) is 0.529. The van der Waals surface area contributed by atoms with Gasteiger partial charge in [0.2, 0.25) is 0 Å². The fourth-order valence-corrected chi connectivity index (χ4v) is 3.65. The Hall–Kier alpha value is -1.34. The van der Waals surface area contributed by atoms with Crippen LogP contribution in [-0.4, -0.2) is 42.2 Å². The first kappa shape index (κ1) is 18.5. The van der Waals surface area contributed by atoms with Crippen molar-refractivity contribution >= 4 is 35.0 Å². The van der Waals surface area contributed by atoms with Crippen LogP contribution >= 0.6 is 23.2 Å². The summed E-state index contributed by atoms with van der Waals surface area (Å²) in [6, 6.07) is 4.09. The Morgan fingerprint density at radius 3 is 2.56 bits per heavy atom. The van der Waals surface area contributed by atoms with E-state index < -0.39 is 12.3 Å². The van der Waals surface area contributed by atoms with E-state index in [0.717, 1.165) is 25.7 Å². The van der Waals surface area contributed by atoms with Gasteiger partial charge in [-0.2, -0.15) is 0 Å². The molecular formula is C17H20Cl2N2O4. The molecule has 1 aromatic carbocycles. The number of nitrogens with zero attached hydrogens (tertiary/aromatic N) is 1. The van der Waals surface area contributed by atoms with Gasteiger partial charge in [-0.25, -0.2) is 10.3 Å². The predicted molar refractivity (Wildman–Crippen MR) is 93.3 cm³/mol. The van der Waals surface area contributed by atoms with Gasteiger partial charge in [0.05, 0.1) is 0 Å². The molecule has 2 amide bonds. The molecule has 2 heterocycles. The Balaban J connectivity index is 1.62. The number of amides is 2. The van der Waals surface area contributed by atoms with Gasteiger partial charge >= 0.3 is 0 Å². The molecule has 0 aliphatic carbocycles. The number of hydrogen-bond acceptors (Lipinski definition) is 4. The Morgan fingerprint density at radius 2 is 1.88 bits per heavy atom. The molecule has 8 heteroatoms. The Morgan fingerprint density at radius 1 is 1.12 bits per heavy atom. The van der Waals surface area contributed by atoms with Crippen molar-refractivity contribution in [1.82, 2.24) is 10.4 Å². The minimum Gasteiger partial charge on any atom is -0.350 e. The first-order chi connectivity index (χ1) is 12.0. The van der Waals surface area contributed by atoms with Crippen molar-refractivity contribution in [2.45, 2.75) is 44.4 Å². The number of likely N-dealkylation sites (tertiary alicyclic amines) is 1. The maximum Gasteiger partial charge on any atom is 0.266 e. The molecule has 136 valence electrons. The smallest absolute Gasteiger partial charge is 0.266 e. The monoisotopic (exact) mass is 386 g/mol. The summed E-state index contributed by atoms with van der Waals surface area (Å²) in [7, 11) is 0. The summed E-state index contributed by atoms with van der Waals surface area (Å²) in [5.41, 5.74) is 2.81. The third kappa shape index (κ3) is 4.64. The largest absolute Gasteiger partial charge is 0.350 e. The first-order valence-corrected chi connectivity index (χ1v) is 9.14. The van der Waals surface area contributed by atoms with Crippen LogP contribution in [0.25, 0.3) is 0 Å². The van der Waals surface area contributed by atoms with Crippen molar-refractivity contribution in [2.75, 3.05) is 13.2 Å². The highest BCUT2D eigenvalue weighted by Gasteiger charge is 2.35. The molecule has 0 aromatic heterocycles. The second kappa shape index (κ2) is 8.36. The van der Waals surface area contributed by atoms with Crippen LogP contribution < -0.4 is 5.48 Å². The van der Waals surface area contributed by atoms with Gasteiger partial charge in [-0.15, -0.1) is 0 Å². The highest BCUT2D eigenvalue weighted by atomic mass is 35.5. The van der Waals surface area contributed by atoms with E-state index in [2.05, 4.69) is 5.48 Å². The number of nitrogens with one attached hydrogen (secondary N) is 1. The average Bonchev–Trinajstić information content (AvgIpc) is 3.09. The lowest BCUT2D eigenvalue weighted by Crippen LogP contribution is -2.47. The number of hydrogen-bond donors (Lipinski definition) is 1. The fourth-order valence-electron chi connectivity index (χ4n) is 3.12. The Bertz CT molecular complexity index is 629. The zero-order chi connectivity index (χ0) is 17.8. The summed E-state index contributed by atoms with van der Waals surface area (Å²) in [4.78, 5) is 32.0. The van der Waals surface area contributed by atoms with Crippen molar-refractivity contribution in [3.63, 3.8) is 0 Å². The van der Waals surface area contributed by atoms with Crippen molar-refractivity contribution in [3.05, 3.63) is 33.8 Å². The lowest BCUT2D eigenvalue weighted by atomic mass is 10.1. The van der Waals surface area contributed by atoms with Gasteiger partial charge in [0.1, 0.15) is 6.04 Å². The Labute approximate surface area is 156 Å². The summed E-state index contributed by atoms with van der Waals surface area (Å²) in [6.45, 7) is 1.13. The number of carbonyl (C=O) groups is 2. The summed E-state index contributed by atoms with van der Waals surface area (Å²) < 4.78 is 5.41. The van der Waals surface area contributed by atoms with Gasteiger partial charge in [0.15, 0.2) is 6.29 Å². The van der Waals surface area contributed by atoms with Gasteiger partial charge in [-0.05, 0) is 43.9 Å². The molecule has 0 bridgehead atoms. The maximum atomic E-state index is 12.7. The van der Waals surface area contributed by atoms with Gasteiger partial charge in [0, 0.05) is 35.2 Å². The van der Waals surface area contributed by atoms with Crippen LogP contribution in [-0.2, 0) is 14.4 Å². The van der Waals surface area contributed by atoms with Crippen LogP contribution in [0.3, 0.4) is 0 Å². The molecule has 2 aliphatic heterocycles. The zero-order valence-corrected chi connectivity index (χ0v) is 15.2. The summed E-state index contributed by atoms with van der Waals surface area (Å²) in [5.74, 6) is -0.607. The molecule has 0 radical (unpaired) electrons. The quantitative estimate of drug-likeness (QED) is 0.806. The van der Waals surface area contributed by atoms with E-state index in [1.165, 1.54) is 4.90 Å². The molecule has 2 fully saturated rings. The topological polar surface area (TPSA) is 67.9 Å². The number of hydroxylamine groups is 1. The molecule has 1 N–H and O–H groups in total. The van der Waals surface area contributed by atoms with Gasteiger partial charge in [-0.1, -0.05) is 23.2 Å². The van der Waals surface area contributed by atoms with E-state index in [1.807, 2.05) is 0 Å². The summed E-state index contributed by atoms with van der Waals surface area (Å²) in [6.07, 6.45) is 3.66. The van der Waals surface area contributed by atoms with Crippen LogP contribution in [0.5, 0.6) is 0 Å². The van der Waals surface area contributed by atoms with E-state index in [4.69, 9.17) is 32.8 Å². The van der Waals surface area contributed by atoms with Crippen LogP contribution in [0, 0.1) is 0 Å². The van der Waals surface area contributed by atoms with Gasteiger partial charge in [-0.3, -0.25) is 9.59 Å². The van der Waals surface area contributed by atoms with Crippen molar-refractivity contribution in [3.8, 4) is 0 Å². The van der Waals surface area contributed by atoms with Crippen LogP contribution in [0.2, 0.25) is 10.0 Å². The minimum atomic E-state index is -0.575. The molecule has 3 rings (SSSR count). The van der Waals surface area contributed by atoms with Crippen LogP contribution in [0.1, 0.15) is 42.5 Å². The molecule has 2 saturated heterocycles. The highest BCUT2D eigenvalue weighted by Crippen LogP contribution is 2.24. The molecule has 2 unspecified atom stereocenters. The van der Waals surface area contributed by atoms with Gasteiger partial charge in [0.25, 0.3) is 11.8 Å². The number of ether oxygens (including phenoxy) is 1. The predicted octanol–water partition coefficient (Wildman–Crippen LogP) is 3.17. The normalized spacial score (nSPS) is 23.5. The van der Waals surface area contributed by atoms with E-state index in [1.54, 1.807) is 18.2 Å². The highest BCUT2D eigenvalue weighted by molar-refractivity contribution is 6.35. The average molecular weight is 387 g/mol. The van der Waals surface area contributed by atoms with E-state index >= 15 is 0 Å². The molecule has 1 aromatic rings. The molecule has 0 spiro atoms. The van der Waals surface area contributed by atoms with Crippen molar-refractivity contribution in [2.24, 2.45) is 0 Å². The molecule has 0 saturated carbocycles. The molecule has 6 nitrogen and oxygen atoms in total. The SMILES string of the molecule is O=C(NOC1CCCCO1)C1CCCN1C(=O)c1cc(Cl)cc(Cl)c1. The lowest BCUT2D eigenvalue weighted by Gasteiger charge is -2.26. The number of halogens is 2. The maximum absolute atomic E-state index is 12.7. The van der Waals surface area contributed by atoms with Crippen molar-refractivity contribution in [1.29, 1.82) is 0 Å². The summed E-state index contributed by atoms with van der Waals surface area (Å²) >= 11 is 11.9. The number of rotatable bonds is 4. The standard InChI is InChI=1S/C17H20Cl2N2O4/c18-12-8-11(9-13(19)10-12)17(23)21-6-3-4-14(21)16(22)20-25-15-5-1-2-7-24-15/h8-10,14-15H,1-7H2,(H,20,22). The van der Waals surface area contributed by atoms with Crippen molar-refractivity contribution < 1.29 is 19.2 Å². The third-order valence-electron chi connectivity index (χ3n) is 4.35.